The molecule has 0 aromatic carbocycles. The highest BCUT2D eigenvalue weighted by Crippen LogP contribution is 2.39. The highest BCUT2D eigenvalue weighted by molar-refractivity contribution is 5.88. The van der Waals surface area contributed by atoms with Crippen LogP contribution in [-0.2, 0) is 19.1 Å². The summed E-state index contributed by atoms with van der Waals surface area (Å²) in [5.74, 6) is -1.32. The van der Waals surface area contributed by atoms with Gasteiger partial charge in [0.1, 0.15) is 0 Å². The third kappa shape index (κ3) is 7.46. The Hall–Kier alpha value is -1.57. The Morgan fingerprint density at radius 1 is 1.00 bits per heavy atom. The third-order valence-electron chi connectivity index (χ3n) is 4.45. The van der Waals surface area contributed by atoms with Crippen LogP contribution in [0.5, 0.6) is 0 Å². The lowest BCUT2D eigenvalue weighted by Gasteiger charge is -2.31. The minimum absolute atomic E-state index is 0.192. The van der Waals surface area contributed by atoms with E-state index in [0.29, 0.717) is 25.2 Å². The van der Waals surface area contributed by atoms with E-state index in [1.165, 1.54) is 0 Å². The van der Waals surface area contributed by atoms with E-state index in [-0.39, 0.29) is 13.2 Å². The van der Waals surface area contributed by atoms with Crippen LogP contribution in [0.15, 0.2) is 0 Å². The SMILES string of the molecule is CCCCCC(C#N)(C(=O)OCC)C(CCCC(C)C)C(=O)OCC. The van der Waals surface area contributed by atoms with Gasteiger partial charge in [-0.05, 0) is 32.6 Å². The van der Waals surface area contributed by atoms with Crippen LogP contribution in [0.25, 0.3) is 0 Å². The lowest BCUT2D eigenvalue weighted by atomic mass is 9.70. The summed E-state index contributed by atoms with van der Waals surface area (Å²) in [6.07, 6.45) is 5.11. The smallest absolute Gasteiger partial charge is 0.327 e. The molecule has 0 heterocycles. The lowest BCUT2D eigenvalue weighted by molar-refractivity contribution is -0.166. The predicted molar refractivity (Wildman–Crippen MR) is 97.6 cm³/mol. The van der Waals surface area contributed by atoms with Gasteiger partial charge in [0, 0.05) is 0 Å². The summed E-state index contributed by atoms with van der Waals surface area (Å²) in [6, 6.07) is 2.16. The third-order valence-corrected chi connectivity index (χ3v) is 4.45. The van der Waals surface area contributed by atoms with Gasteiger partial charge in [0.2, 0.25) is 0 Å². The molecule has 0 aromatic rings. The van der Waals surface area contributed by atoms with Gasteiger partial charge >= 0.3 is 11.9 Å². The topological polar surface area (TPSA) is 76.4 Å². The molecular weight excluding hydrogens is 318 g/mol. The second kappa shape index (κ2) is 12.7. The van der Waals surface area contributed by atoms with Gasteiger partial charge in [0.25, 0.3) is 0 Å². The fraction of sp³-hybridized carbons (Fsp3) is 0.850. The van der Waals surface area contributed by atoms with E-state index >= 15 is 0 Å². The van der Waals surface area contributed by atoms with E-state index in [4.69, 9.17) is 9.47 Å². The number of rotatable bonds is 13. The Kier molecular flexibility index (Phi) is 11.9. The second-order valence-electron chi connectivity index (χ2n) is 6.89. The van der Waals surface area contributed by atoms with Crippen molar-refractivity contribution in [3.63, 3.8) is 0 Å². The van der Waals surface area contributed by atoms with Crippen LogP contribution in [0.3, 0.4) is 0 Å². The molecule has 0 aliphatic rings. The molecule has 0 aliphatic heterocycles. The Labute approximate surface area is 153 Å². The van der Waals surface area contributed by atoms with E-state index in [0.717, 1.165) is 25.7 Å². The molecule has 0 rings (SSSR count). The number of hydrogen-bond donors (Lipinski definition) is 0. The lowest BCUT2D eigenvalue weighted by Crippen LogP contribution is -2.43. The summed E-state index contributed by atoms with van der Waals surface area (Å²) in [7, 11) is 0. The largest absolute Gasteiger partial charge is 0.466 e. The standard InChI is InChI=1S/C20H35NO4/c1-6-9-10-14-20(15-21,19(23)25-8-3)17(18(22)24-7-2)13-11-12-16(4)5/h16-17H,6-14H2,1-5H3. The van der Waals surface area contributed by atoms with Gasteiger partial charge in [0.15, 0.2) is 5.41 Å². The molecule has 0 aromatic heterocycles. The van der Waals surface area contributed by atoms with Crippen molar-refractivity contribution >= 4 is 11.9 Å². The normalized spacial score (nSPS) is 14.4. The van der Waals surface area contributed by atoms with Crippen LogP contribution < -0.4 is 0 Å². The van der Waals surface area contributed by atoms with Crippen LogP contribution in [-0.4, -0.2) is 25.2 Å². The first-order valence-corrected chi connectivity index (χ1v) is 9.64. The Bertz CT molecular complexity index is 441. The molecule has 0 aliphatic carbocycles. The molecule has 5 nitrogen and oxygen atoms in total. The average Bonchev–Trinajstić information content (AvgIpc) is 2.56. The monoisotopic (exact) mass is 353 g/mol. The Morgan fingerprint density at radius 3 is 2.12 bits per heavy atom. The number of nitriles is 1. The van der Waals surface area contributed by atoms with Gasteiger partial charge in [-0.3, -0.25) is 9.59 Å². The maximum atomic E-state index is 12.7. The molecule has 2 unspecified atom stereocenters. The van der Waals surface area contributed by atoms with Crippen molar-refractivity contribution in [2.75, 3.05) is 13.2 Å². The molecule has 0 fully saturated rings. The first-order chi connectivity index (χ1) is 11.9. The number of unbranched alkanes of at least 4 members (excludes halogenated alkanes) is 2. The first-order valence-electron chi connectivity index (χ1n) is 9.64. The van der Waals surface area contributed by atoms with E-state index in [1.807, 2.05) is 0 Å². The van der Waals surface area contributed by atoms with Gasteiger partial charge in [-0.25, -0.2) is 0 Å². The van der Waals surface area contributed by atoms with Crippen molar-refractivity contribution in [2.24, 2.45) is 17.3 Å². The summed E-state index contributed by atoms with van der Waals surface area (Å²) >= 11 is 0. The predicted octanol–water partition coefficient (Wildman–Crippen LogP) is 4.65. The summed E-state index contributed by atoms with van der Waals surface area (Å²) < 4.78 is 10.4. The van der Waals surface area contributed by atoms with Crippen LogP contribution in [0, 0.1) is 28.6 Å². The fourth-order valence-corrected chi connectivity index (χ4v) is 3.05. The van der Waals surface area contributed by atoms with Crippen LogP contribution >= 0.6 is 0 Å². The molecule has 2 atom stereocenters. The zero-order valence-electron chi connectivity index (χ0n) is 16.6. The quantitative estimate of drug-likeness (QED) is 0.356. The minimum Gasteiger partial charge on any atom is -0.466 e. The van der Waals surface area contributed by atoms with Crippen LogP contribution in [0.2, 0.25) is 0 Å². The number of hydrogen-bond acceptors (Lipinski definition) is 5. The van der Waals surface area contributed by atoms with Crippen molar-refractivity contribution < 1.29 is 19.1 Å². The molecule has 144 valence electrons. The van der Waals surface area contributed by atoms with Crippen molar-refractivity contribution in [1.82, 2.24) is 0 Å². The van der Waals surface area contributed by atoms with Crippen molar-refractivity contribution in [3.8, 4) is 6.07 Å². The summed E-state index contributed by atoms with van der Waals surface area (Å²) in [5, 5.41) is 9.91. The van der Waals surface area contributed by atoms with Crippen LogP contribution in [0.4, 0.5) is 0 Å². The average molecular weight is 354 g/mol. The number of carbonyl (C=O) groups is 2. The van der Waals surface area contributed by atoms with Gasteiger partial charge < -0.3 is 9.47 Å². The Balaban J connectivity index is 5.62. The molecule has 0 bridgehead atoms. The van der Waals surface area contributed by atoms with Crippen LogP contribution in [0.1, 0.15) is 79.6 Å². The van der Waals surface area contributed by atoms with Gasteiger partial charge in [-0.2, -0.15) is 5.26 Å². The molecule has 5 heteroatoms. The Morgan fingerprint density at radius 2 is 1.64 bits per heavy atom. The van der Waals surface area contributed by atoms with E-state index in [1.54, 1.807) is 13.8 Å². The minimum atomic E-state index is -1.45. The molecule has 0 saturated heterocycles. The fourth-order valence-electron chi connectivity index (χ4n) is 3.05. The zero-order chi connectivity index (χ0) is 19.3. The molecule has 25 heavy (non-hydrogen) atoms. The maximum absolute atomic E-state index is 12.7. The number of nitrogens with zero attached hydrogens (tertiary/aromatic N) is 1. The van der Waals surface area contributed by atoms with E-state index < -0.39 is 23.3 Å². The summed E-state index contributed by atoms with van der Waals surface area (Å²) in [6.45, 7) is 10.2. The molecular formula is C20H35NO4. The molecule has 0 amide bonds. The van der Waals surface area contributed by atoms with Gasteiger partial charge in [-0.1, -0.05) is 52.9 Å². The van der Waals surface area contributed by atoms with Crippen molar-refractivity contribution in [2.45, 2.75) is 79.6 Å². The second-order valence-corrected chi connectivity index (χ2v) is 6.89. The van der Waals surface area contributed by atoms with E-state index in [9.17, 15) is 14.9 Å². The van der Waals surface area contributed by atoms with Gasteiger partial charge in [-0.15, -0.1) is 0 Å². The van der Waals surface area contributed by atoms with E-state index in [2.05, 4.69) is 26.8 Å². The number of ether oxygens (including phenoxy) is 2. The number of carbonyl (C=O) groups excluding carboxylic acids is 2. The van der Waals surface area contributed by atoms with Crippen molar-refractivity contribution in [1.29, 1.82) is 5.26 Å². The summed E-state index contributed by atoms with van der Waals surface area (Å²) in [5.41, 5.74) is -1.45. The highest BCUT2D eigenvalue weighted by atomic mass is 16.5. The van der Waals surface area contributed by atoms with Crippen molar-refractivity contribution in [3.05, 3.63) is 0 Å². The molecule has 0 radical (unpaired) electrons. The molecule has 0 N–H and O–H groups in total. The maximum Gasteiger partial charge on any atom is 0.327 e. The number of esters is 2. The zero-order valence-corrected chi connectivity index (χ0v) is 16.6. The highest BCUT2D eigenvalue weighted by Gasteiger charge is 2.51. The summed E-state index contributed by atoms with van der Waals surface area (Å²) in [4.78, 5) is 25.3. The molecule has 0 spiro atoms. The molecule has 0 saturated carbocycles. The van der Waals surface area contributed by atoms with Gasteiger partial charge in [0.05, 0.1) is 25.2 Å². The first kappa shape index (κ1) is 23.4.